The van der Waals surface area contributed by atoms with Gasteiger partial charge in [-0.15, -0.1) is 34.2 Å². The summed E-state index contributed by atoms with van der Waals surface area (Å²) >= 11 is 1.67. The van der Waals surface area contributed by atoms with E-state index in [1.54, 1.807) is 11.8 Å². The molecule has 0 aliphatic heterocycles. The van der Waals surface area contributed by atoms with E-state index < -0.39 is 0 Å². The fourth-order valence-corrected chi connectivity index (χ4v) is 3.29. The maximum Gasteiger partial charge on any atom is 0.191 e. The monoisotopic (exact) mass is 510 g/mol. The van der Waals surface area contributed by atoms with Gasteiger partial charge in [-0.1, -0.05) is 52.3 Å². The van der Waals surface area contributed by atoms with Gasteiger partial charge in [0.15, 0.2) is 11.1 Å². The Morgan fingerprint density at radius 3 is 2.41 bits per heavy atom. The second kappa shape index (κ2) is 15.4. The van der Waals surface area contributed by atoms with Gasteiger partial charge in [0.1, 0.15) is 5.82 Å². The first-order chi connectivity index (χ1) is 12.5. The van der Waals surface area contributed by atoms with E-state index in [4.69, 9.17) is 4.99 Å². The summed E-state index contributed by atoms with van der Waals surface area (Å²) in [5.74, 6) is 3.27. The molecule has 0 saturated carbocycles. The maximum atomic E-state index is 4.73. The lowest BCUT2D eigenvalue weighted by Crippen LogP contribution is -2.38. The first kappa shape index (κ1) is 26.5. The van der Waals surface area contributed by atoms with E-state index in [9.17, 15) is 0 Å². The van der Waals surface area contributed by atoms with Crippen LogP contribution < -0.4 is 10.6 Å². The molecule has 158 valence electrons. The van der Waals surface area contributed by atoms with Crippen molar-refractivity contribution in [2.24, 2.45) is 16.8 Å². The lowest BCUT2D eigenvalue weighted by molar-refractivity contribution is 0.477. The van der Waals surface area contributed by atoms with Crippen LogP contribution in [0.3, 0.4) is 0 Å². The summed E-state index contributed by atoms with van der Waals surface area (Å²) in [6.07, 6.45) is 6.37. The van der Waals surface area contributed by atoms with Crippen molar-refractivity contribution in [3.63, 3.8) is 0 Å². The average molecular weight is 511 g/mol. The number of thioether (sulfide) groups is 1. The van der Waals surface area contributed by atoms with Gasteiger partial charge in [0.2, 0.25) is 0 Å². The van der Waals surface area contributed by atoms with Crippen molar-refractivity contribution in [2.45, 2.75) is 72.0 Å². The van der Waals surface area contributed by atoms with Crippen molar-refractivity contribution in [2.75, 3.05) is 25.9 Å². The van der Waals surface area contributed by atoms with Crippen molar-refractivity contribution >= 4 is 41.7 Å². The molecule has 1 heterocycles. The number of halogens is 1. The van der Waals surface area contributed by atoms with Gasteiger partial charge in [0, 0.05) is 32.6 Å². The number of nitrogens with one attached hydrogen (secondary N) is 2. The first-order valence-electron chi connectivity index (χ1n) is 10.0. The fourth-order valence-electron chi connectivity index (χ4n) is 2.77. The van der Waals surface area contributed by atoms with E-state index in [0.29, 0.717) is 11.8 Å². The molecule has 1 aromatic heterocycles. The molecule has 8 heteroatoms. The molecule has 0 fully saturated rings. The van der Waals surface area contributed by atoms with Gasteiger partial charge in [-0.05, 0) is 31.4 Å². The van der Waals surface area contributed by atoms with E-state index in [0.717, 1.165) is 56.0 Å². The number of guanidine groups is 1. The Labute approximate surface area is 187 Å². The van der Waals surface area contributed by atoms with Crippen molar-refractivity contribution in [3.8, 4) is 0 Å². The SMILES string of the molecule is CCNC(=NCC(CC)CC)NCCCc1nnc(SC)n1CC(C)C.I. The Morgan fingerprint density at radius 2 is 1.85 bits per heavy atom. The first-order valence-corrected chi connectivity index (χ1v) is 11.3. The largest absolute Gasteiger partial charge is 0.357 e. The van der Waals surface area contributed by atoms with Crippen LogP contribution in [0.25, 0.3) is 0 Å². The van der Waals surface area contributed by atoms with E-state index in [1.165, 1.54) is 12.8 Å². The smallest absolute Gasteiger partial charge is 0.191 e. The van der Waals surface area contributed by atoms with Gasteiger partial charge in [-0.3, -0.25) is 4.99 Å². The van der Waals surface area contributed by atoms with Gasteiger partial charge in [-0.2, -0.15) is 0 Å². The van der Waals surface area contributed by atoms with E-state index in [2.05, 4.69) is 66.3 Å². The molecule has 0 amide bonds. The molecule has 0 aliphatic carbocycles. The summed E-state index contributed by atoms with van der Waals surface area (Å²) in [5, 5.41) is 16.5. The molecule has 1 aromatic rings. The van der Waals surface area contributed by atoms with Gasteiger partial charge < -0.3 is 15.2 Å². The summed E-state index contributed by atoms with van der Waals surface area (Å²) in [4.78, 5) is 4.73. The van der Waals surface area contributed by atoms with Gasteiger partial charge in [0.25, 0.3) is 0 Å². The van der Waals surface area contributed by atoms with Gasteiger partial charge in [-0.25, -0.2) is 0 Å². The lowest BCUT2D eigenvalue weighted by Gasteiger charge is -2.14. The average Bonchev–Trinajstić information content (AvgIpc) is 3.00. The van der Waals surface area contributed by atoms with Crippen LogP contribution in [0.4, 0.5) is 0 Å². The summed E-state index contributed by atoms with van der Waals surface area (Å²) in [6.45, 7) is 14.7. The highest BCUT2D eigenvalue weighted by Gasteiger charge is 2.12. The number of hydrogen-bond acceptors (Lipinski definition) is 4. The summed E-state index contributed by atoms with van der Waals surface area (Å²) < 4.78 is 2.27. The third kappa shape index (κ3) is 10.0. The normalized spacial score (nSPS) is 11.8. The molecule has 1 rings (SSSR count). The summed E-state index contributed by atoms with van der Waals surface area (Å²) in [6, 6.07) is 0. The zero-order chi connectivity index (χ0) is 19.4. The van der Waals surface area contributed by atoms with Crippen LogP contribution in [-0.2, 0) is 13.0 Å². The number of aliphatic imine (C=N–C) groups is 1. The van der Waals surface area contributed by atoms with Crippen LogP contribution in [0, 0.1) is 11.8 Å². The molecule has 0 bridgehead atoms. The number of aromatic nitrogens is 3. The van der Waals surface area contributed by atoms with Crippen LogP contribution in [0.15, 0.2) is 10.1 Å². The number of aryl methyl sites for hydroxylation is 1. The van der Waals surface area contributed by atoms with Crippen LogP contribution in [-0.4, -0.2) is 46.6 Å². The molecule has 2 N–H and O–H groups in total. The van der Waals surface area contributed by atoms with E-state index in [-0.39, 0.29) is 24.0 Å². The predicted octanol–water partition coefficient (Wildman–Crippen LogP) is 4.20. The Balaban J connectivity index is 0.00000676. The second-order valence-corrected chi connectivity index (χ2v) is 7.81. The molecule has 0 radical (unpaired) electrons. The fraction of sp³-hybridized carbons (Fsp3) is 0.842. The molecule has 6 nitrogen and oxygen atoms in total. The molecule has 27 heavy (non-hydrogen) atoms. The van der Waals surface area contributed by atoms with Crippen molar-refractivity contribution in [1.29, 1.82) is 0 Å². The molecular formula is C19H39IN6S. The lowest BCUT2D eigenvalue weighted by atomic mass is 10.0. The highest BCUT2D eigenvalue weighted by atomic mass is 127. The van der Waals surface area contributed by atoms with Crippen LogP contribution in [0.5, 0.6) is 0 Å². The predicted molar refractivity (Wildman–Crippen MR) is 128 cm³/mol. The van der Waals surface area contributed by atoms with E-state index in [1.807, 2.05) is 0 Å². The summed E-state index contributed by atoms with van der Waals surface area (Å²) in [5.41, 5.74) is 0. The maximum absolute atomic E-state index is 4.73. The Kier molecular flexibility index (Phi) is 15.1. The Bertz CT molecular complexity index is 528. The molecular weight excluding hydrogens is 471 g/mol. The van der Waals surface area contributed by atoms with Crippen LogP contribution in [0.2, 0.25) is 0 Å². The van der Waals surface area contributed by atoms with Crippen LogP contribution >= 0.6 is 35.7 Å². The van der Waals surface area contributed by atoms with Crippen molar-refractivity contribution in [3.05, 3.63) is 5.82 Å². The molecule has 0 atom stereocenters. The zero-order valence-electron chi connectivity index (χ0n) is 17.9. The van der Waals surface area contributed by atoms with Crippen molar-refractivity contribution < 1.29 is 0 Å². The zero-order valence-corrected chi connectivity index (χ0v) is 21.1. The van der Waals surface area contributed by atoms with Gasteiger partial charge >= 0.3 is 0 Å². The topological polar surface area (TPSA) is 67.1 Å². The minimum absolute atomic E-state index is 0. The van der Waals surface area contributed by atoms with Crippen molar-refractivity contribution in [1.82, 2.24) is 25.4 Å². The third-order valence-corrected chi connectivity index (χ3v) is 5.07. The highest BCUT2D eigenvalue weighted by Crippen LogP contribution is 2.16. The number of hydrogen-bond donors (Lipinski definition) is 2. The van der Waals surface area contributed by atoms with Gasteiger partial charge in [0.05, 0.1) is 0 Å². The molecule has 0 aliphatic rings. The minimum atomic E-state index is 0. The number of rotatable bonds is 12. The second-order valence-electron chi connectivity index (χ2n) is 7.04. The van der Waals surface area contributed by atoms with E-state index >= 15 is 0 Å². The van der Waals surface area contributed by atoms with Crippen LogP contribution in [0.1, 0.15) is 59.7 Å². The molecule has 0 saturated heterocycles. The quantitative estimate of drug-likeness (QED) is 0.145. The number of nitrogens with zero attached hydrogens (tertiary/aromatic N) is 4. The molecule has 0 unspecified atom stereocenters. The Morgan fingerprint density at radius 1 is 1.15 bits per heavy atom. The standard InChI is InChI=1S/C19H38N6S.HI/c1-7-16(8-2)13-22-18(20-9-3)21-12-10-11-17-23-24-19(26-6)25(17)14-15(4)5;/h15-16H,7-14H2,1-6H3,(H2,20,21,22);1H. The Hall–Kier alpha value is -0.510. The molecule has 0 spiro atoms. The minimum Gasteiger partial charge on any atom is -0.357 e. The third-order valence-electron chi connectivity index (χ3n) is 4.40. The highest BCUT2D eigenvalue weighted by molar-refractivity contribution is 14.0. The molecule has 0 aromatic carbocycles. The summed E-state index contributed by atoms with van der Waals surface area (Å²) in [7, 11) is 0.